The summed E-state index contributed by atoms with van der Waals surface area (Å²) in [5.41, 5.74) is 3.06. The Morgan fingerprint density at radius 3 is 2.42 bits per heavy atom. The van der Waals surface area contributed by atoms with Crippen LogP contribution in [0.4, 0.5) is 0 Å². The molecule has 2 nitrogen and oxygen atoms in total. The van der Waals surface area contributed by atoms with Crippen LogP contribution in [0.15, 0.2) is 24.3 Å². The van der Waals surface area contributed by atoms with Gasteiger partial charge >= 0.3 is 0 Å². The van der Waals surface area contributed by atoms with E-state index in [2.05, 4.69) is 55.3 Å². The van der Waals surface area contributed by atoms with Crippen molar-refractivity contribution in [2.75, 3.05) is 19.6 Å². The lowest BCUT2D eigenvalue weighted by Gasteiger charge is -2.33. The SMILES string of the molecule is CCCN(CCC)C1Cc2ccccc2C1NCC. The Bertz CT molecular complexity index is 383. The van der Waals surface area contributed by atoms with Gasteiger partial charge in [0.05, 0.1) is 0 Å². The fourth-order valence-electron chi connectivity index (χ4n) is 3.40. The third-order valence-corrected chi connectivity index (χ3v) is 4.12. The number of fused-ring (bicyclic) bond motifs is 1. The second kappa shape index (κ2) is 7.06. The molecule has 0 radical (unpaired) electrons. The van der Waals surface area contributed by atoms with Crippen LogP contribution in [0.25, 0.3) is 0 Å². The van der Waals surface area contributed by atoms with Crippen LogP contribution in [0.2, 0.25) is 0 Å². The molecule has 2 unspecified atom stereocenters. The lowest BCUT2D eigenvalue weighted by Crippen LogP contribution is -2.43. The van der Waals surface area contributed by atoms with Gasteiger partial charge in [0.15, 0.2) is 0 Å². The Kier molecular flexibility index (Phi) is 5.41. The van der Waals surface area contributed by atoms with Crippen LogP contribution in [0, 0.1) is 0 Å². The van der Waals surface area contributed by atoms with Gasteiger partial charge in [0.25, 0.3) is 0 Å². The van der Waals surface area contributed by atoms with E-state index in [-0.39, 0.29) is 0 Å². The highest BCUT2D eigenvalue weighted by atomic mass is 15.2. The minimum atomic E-state index is 0.513. The lowest BCUT2D eigenvalue weighted by molar-refractivity contribution is 0.167. The number of nitrogens with one attached hydrogen (secondary N) is 1. The minimum Gasteiger partial charge on any atom is -0.309 e. The number of benzene rings is 1. The number of nitrogens with zero attached hydrogens (tertiary/aromatic N) is 1. The highest BCUT2D eigenvalue weighted by Gasteiger charge is 2.34. The van der Waals surface area contributed by atoms with Crippen molar-refractivity contribution < 1.29 is 0 Å². The molecule has 2 atom stereocenters. The number of hydrogen-bond acceptors (Lipinski definition) is 2. The standard InChI is InChI=1S/C17H28N2/c1-4-11-19(12-5-2)16-13-14-9-7-8-10-15(14)17(16)18-6-3/h7-10,16-18H,4-6,11-13H2,1-3H3. The second-order valence-corrected chi connectivity index (χ2v) is 5.54. The molecule has 1 aromatic carbocycles. The van der Waals surface area contributed by atoms with Crippen molar-refractivity contribution in [2.45, 2.75) is 52.1 Å². The van der Waals surface area contributed by atoms with Crippen LogP contribution < -0.4 is 5.32 Å². The molecule has 2 heteroatoms. The normalized spacial score (nSPS) is 21.9. The molecule has 0 saturated carbocycles. The summed E-state index contributed by atoms with van der Waals surface area (Å²) in [5, 5.41) is 3.71. The Labute approximate surface area is 118 Å². The number of likely N-dealkylation sites (N-methyl/N-ethyl adjacent to an activating group) is 1. The van der Waals surface area contributed by atoms with E-state index in [4.69, 9.17) is 0 Å². The first-order valence-electron chi connectivity index (χ1n) is 7.87. The molecule has 1 aromatic rings. The Morgan fingerprint density at radius 2 is 1.79 bits per heavy atom. The molecule has 19 heavy (non-hydrogen) atoms. The van der Waals surface area contributed by atoms with Crippen molar-refractivity contribution in [3.05, 3.63) is 35.4 Å². The van der Waals surface area contributed by atoms with Gasteiger partial charge in [-0.2, -0.15) is 0 Å². The molecular weight excluding hydrogens is 232 g/mol. The quantitative estimate of drug-likeness (QED) is 0.808. The molecule has 1 aliphatic rings. The first kappa shape index (κ1) is 14.5. The summed E-state index contributed by atoms with van der Waals surface area (Å²) < 4.78 is 0. The van der Waals surface area contributed by atoms with Crippen LogP contribution in [0.5, 0.6) is 0 Å². The molecule has 1 N–H and O–H groups in total. The van der Waals surface area contributed by atoms with Crippen LogP contribution in [-0.2, 0) is 6.42 Å². The summed E-state index contributed by atoms with van der Waals surface area (Å²) in [4.78, 5) is 2.69. The minimum absolute atomic E-state index is 0.513. The zero-order valence-corrected chi connectivity index (χ0v) is 12.7. The smallest absolute Gasteiger partial charge is 0.0484 e. The first-order chi connectivity index (χ1) is 9.31. The zero-order chi connectivity index (χ0) is 13.7. The predicted molar refractivity (Wildman–Crippen MR) is 82.5 cm³/mol. The second-order valence-electron chi connectivity index (χ2n) is 5.54. The highest BCUT2D eigenvalue weighted by molar-refractivity contribution is 5.37. The van der Waals surface area contributed by atoms with Gasteiger partial charge in [-0.3, -0.25) is 4.90 Å². The fraction of sp³-hybridized carbons (Fsp3) is 0.647. The Balaban J connectivity index is 2.20. The van der Waals surface area contributed by atoms with Gasteiger partial charge in [-0.05, 0) is 50.0 Å². The summed E-state index contributed by atoms with van der Waals surface area (Å²) in [6.07, 6.45) is 3.69. The van der Waals surface area contributed by atoms with E-state index in [0.29, 0.717) is 12.1 Å². The molecule has 0 bridgehead atoms. The molecule has 2 rings (SSSR count). The van der Waals surface area contributed by atoms with Gasteiger partial charge in [0.2, 0.25) is 0 Å². The molecule has 106 valence electrons. The van der Waals surface area contributed by atoms with E-state index >= 15 is 0 Å². The maximum atomic E-state index is 3.71. The van der Waals surface area contributed by atoms with E-state index in [1.807, 2.05) is 0 Å². The summed E-state index contributed by atoms with van der Waals surface area (Å²) in [6, 6.07) is 10.1. The molecule has 0 saturated heterocycles. The lowest BCUT2D eigenvalue weighted by atomic mass is 10.1. The van der Waals surface area contributed by atoms with Gasteiger partial charge in [0.1, 0.15) is 0 Å². The van der Waals surface area contributed by atoms with Crippen molar-refractivity contribution in [2.24, 2.45) is 0 Å². The number of hydrogen-bond donors (Lipinski definition) is 1. The molecule has 1 aliphatic carbocycles. The van der Waals surface area contributed by atoms with Gasteiger partial charge in [-0.15, -0.1) is 0 Å². The molecule has 0 aliphatic heterocycles. The molecule has 0 heterocycles. The van der Waals surface area contributed by atoms with Crippen molar-refractivity contribution in [3.8, 4) is 0 Å². The number of rotatable bonds is 7. The fourth-order valence-corrected chi connectivity index (χ4v) is 3.40. The molecule has 0 fully saturated rings. The maximum Gasteiger partial charge on any atom is 0.0484 e. The molecule has 0 spiro atoms. The predicted octanol–water partition coefficient (Wildman–Crippen LogP) is 3.38. The van der Waals surface area contributed by atoms with Crippen molar-refractivity contribution in [3.63, 3.8) is 0 Å². The van der Waals surface area contributed by atoms with E-state index in [1.165, 1.54) is 43.5 Å². The van der Waals surface area contributed by atoms with Gasteiger partial charge in [-0.25, -0.2) is 0 Å². The topological polar surface area (TPSA) is 15.3 Å². The molecule has 0 aromatic heterocycles. The summed E-state index contributed by atoms with van der Waals surface area (Å²) in [7, 11) is 0. The van der Waals surface area contributed by atoms with E-state index in [0.717, 1.165) is 6.54 Å². The van der Waals surface area contributed by atoms with Crippen molar-refractivity contribution in [1.29, 1.82) is 0 Å². The molecular formula is C17H28N2. The Hall–Kier alpha value is -0.860. The monoisotopic (exact) mass is 260 g/mol. The third kappa shape index (κ3) is 3.18. The third-order valence-electron chi connectivity index (χ3n) is 4.12. The highest BCUT2D eigenvalue weighted by Crippen LogP contribution is 2.34. The van der Waals surface area contributed by atoms with Crippen molar-refractivity contribution >= 4 is 0 Å². The van der Waals surface area contributed by atoms with E-state index in [9.17, 15) is 0 Å². The summed E-state index contributed by atoms with van der Waals surface area (Å²) in [6.45, 7) is 10.3. The van der Waals surface area contributed by atoms with Crippen LogP contribution in [0.1, 0.15) is 50.8 Å². The Morgan fingerprint density at radius 1 is 1.11 bits per heavy atom. The molecule has 0 amide bonds. The van der Waals surface area contributed by atoms with Crippen LogP contribution in [-0.4, -0.2) is 30.6 Å². The van der Waals surface area contributed by atoms with E-state index in [1.54, 1.807) is 0 Å². The van der Waals surface area contributed by atoms with E-state index < -0.39 is 0 Å². The van der Waals surface area contributed by atoms with Crippen LogP contribution >= 0.6 is 0 Å². The van der Waals surface area contributed by atoms with Crippen LogP contribution in [0.3, 0.4) is 0 Å². The average Bonchev–Trinajstić information content (AvgIpc) is 2.78. The van der Waals surface area contributed by atoms with Gasteiger partial charge in [-0.1, -0.05) is 45.0 Å². The average molecular weight is 260 g/mol. The zero-order valence-electron chi connectivity index (χ0n) is 12.7. The van der Waals surface area contributed by atoms with Crippen molar-refractivity contribution in [1.82, 2.24) is 10.2 Å². The summed E-state index contributed by atoms with van der Waals surface area (Å²) in [5.74, 6) is 0. The van der Waals surface area contributed by atoms with Gasteiger partial charge in [0, 0.05) is 12.1 Å². The van der Waals surface area contributed by atoms with Gasteiger partial charge < -0.3 is 5.32 Å². The maximum absolute atomic E-state index is 3.71. The summed E-state index contributed by atoms with van der Waals surface area (Å²) >= 11 is 0. The largest absolute Gasteiger partial charge is 0.309 e. The first-order valence-corrected chi connectivity index (χ1v) is 7.87.